The maximum Gasteiger partial charge on any atom is 0.0321 e. The van der Waals surface area contributed by atoms with Crippen LogP contribution in [0.4, 0.5) is 0 Å². The summed E-state index contributed by atoms with van der Waals surface area (Å²) >= 11 is 0. The van der Waals surface area contributed by atoms with Crippen molar-refractivity contribution in [3.8, 4) is 0 Å². The van der Waals surface area contributed by atoms with E-state index in [-0.39, 0.29) is 0 Å². The Hall–Kier alpha value is -1.34. The van der Waals surface area contributed by atoms with Gasteiger partial charge in [-0.15, -0.1) is 0 Å². The molecule has 1 atom stereocenters. The lowest BCUT2D eigenvalue weighted by Gasteiger charge is -2.17. The highest BCUT2D eigenvalue weighted by molar-refractivity contribution is 5.93. The van der Waals surface area contributed by atoms with Crippen LogP contribution in [0.2, 0.25) is 0 Å². The van der Waals surface area contributed by atoms with Crippen molar-refractivity contribution in [2.45, 2.75) is 32.2 Å². The quantitative estimate of drug-likeness (QED) is 0.841. The lowest BCUT2D eigenvalue weighted by atomic mass is 9.94. The van der Waals surface area contributed by atoms with Gasteiger partial charge in [0.25, 0.3) is 0 Å². The van der Waals surface area contributed by atoms with Gasteiger partial charge in [-0.25, -0.2) is 0 Å². The van der Waals surface area contributed by atoms with E-state index >= 15 is 0 Å². The van der Waals surface area contributed by atoms with E-state index in [0.29, 0.717) is 6.04 Å². The topological polar surface area (TPSA) is 12.0 Å². The van der Waals surface area contributed by atoms with E-state index in [1.807, 2.05) is 0 Å². The molecule has 0 aliphatic heterocycles. The molecule has 2 aromatic rings. The number of aryl methyl sites for hydroxylation is 2. The second-order valence-corrected chi connectivity index (χ2v) is 4.90. The lowest BCUT2D eigenvalue weighted by molar-refractivity contribution is 0.581. The Morgan fingerprint density at radius 2 is 1.88 bits per heavy atom. The molecule has 1 unspecified atom stereocenters. The van der Waals surface area contributed by atoms with E-state index in [2.05, 4.69) is 49.6 Å². The van der Waals surface area contributed by atoms with Crippen LogP contribution in [0.25, 0.3) is 10.8 Å². The number of rotatable bonds is 3. The zero-order valence-corrected chi connectivity index (χ0v) is 10.6. The molecule has 0 bridgehead atoms. The molecular weight excluding hydrogens is 206 g/mol. The molecule has 3 rings (SSSR count). The molecule has 1 aliphatic rings. The zero-order valence-electron chi connectivity index (χ0n) is 10.6. The van der Waals surface area contributed by atoms with Crippen LogP contribution in [0.5, 0.6) is 0 Å². The molecule has 0 saturated carbocycles. The Morgan fingerprint density at radius 3 is 2.59 bits per heavy atom. The van der Waals surface area contributed by atoms with Gasteiger partial charge in [0.15, 0.2) is 0 Å². The van der Waals surface area contributed by atoms with Crippen molar-refractivity contribution in [1.29, 1.82) is 0 Å². The summed E-state index contributed by atoms with van der Waals surface area (Å²) in [6, 6.07) is 11.9. The summed E-state index contributed by atoms with van der Waals surface area (Å²) in [5.41, 5.74) is 4.52. The van der Waals surface area contributed by atoms with Gasteiger partial charge in [-0.05, 0) is 53.8 Å². The van der Waals surface area contributed by atoms with E-state index in [1.165, 1.54) is 40.3 Å². The van der Waals surface area contributed by atoms with Crippen LogP contribution < -0.4 is 5.32 Å². The minimum atomic E-state index is 0.472. The first-order chi connectivity index (χ1) is 8.35. The van der Waals surface area contributed by atoms with Crippen molar-refractivity contribution in [3.63, 3.8) is 0 Å². The van der Waals surface area contributed by atoms with Crippen LogP contribution >= 0.6 is 0 Å². The fraction of sp³-hybridized carbons (Fsp3) is 0.375. The predicted molar refractivity (Wildman–Crippen MR) is 73.4 cm³/mol. The Labute approximate surface area is 103 Å². The van der Waals surface area contributed by atoms with Crippen LogP contribution in [-0.2, 0) is 12.8 Å². The number of hydrogen-bond donors (Lipinski definition) is 1. The summed E-state index contributed by atoms with van der Waals surface area (Å²) in [5.74, 6) is 0. The van der Waals surface area contributed by atoms with Gasteiger partial charge in [0.2, 0.25) is 0 Å². The molecule has 0 radical (unpaired) electrons. The van der Waals surface area contributed by atoms with E-state index < -0.39 is 0 Å². The molecule has 0 spiro atoms. The Kier molecular flexibility index (Phi) is 2.64. The van der Waals surface area contributed by atoms with Crippen molar-refractivity contribution >= 4 is 10.8 Å². The van der Waals surface area contributed by atoms with Crippen LogP contribution in [0.3, 0.4) is 0 Å². The summed E-state index contributed by atoms with van der Waals surface area (Å²) in [6.07, 6.45) is 3.56. The summed E-state index contributed by atoms with van der Waals surface area (Å²) < 4.78 is 0. The molecule has 0 fully saturated rings. The molecule has 1 heteroatoms. The van der Waals surface area contributed by atoms with Crippen molar-refractivity contribution in [2.24, 2.45) is 0 Å². The van der Waals surface area contributed by atoms with E-state index in [1.54, 1.807) is 0 Å². The first-order valence-electron chi connectivity index (χ1n) is 6.55. The van der Waals surface area contributed by atoms with Gasteiger partial charge in [0.1, 0.15) is 0 Å². The fourth-order valence-corrected chi connectivity index (χ4v) is 3.15. The third-order valence-corrected chi connectivity index (χ3v) is 4.04. The maximum absolute atomic E-state index is 3.42. The standard InChI is InChI=1S/C16H19N/c1-3-15(17-2)13-10-9-12-8-7-11-5-4-6-14(13)16(11)12/h4-6,9-10,15,17H,3,7-8H2,1-2H3. The molecule has 1 aliphatic carbocycles. The maximum atomic E-state index is 3.42. The van der Waals surface area contributed by atoms with Crippen molar-refractivity contribution in [1.82, 2.24) is 5.32 Å². The number of nitrogens with one attached hydrogen (secondary N) is 1. The largest absolute Gasteiger partial charge is 0.313 e. The zero-order chi connectivity index (χ0) is 11.8. The fourth-order valence-electron chi connectivity index (χ4n) is 3.15. The first kappa shape index (κ1) is 10.8. The van der Waals surface area contributed by atoms with E-state index in [9.17, 15) is 0 Å². The van der Waals surface area contributed by atoms with Crippen LogP contribution in [0.15, 0.2) is 30.3 Å². The normalized spacial score (nSPS) is 15.4. The molecule has 2 aromatic carbocycles. The van der Waals surface area contributed by atoms with Gasteiger partial charge < -0.3 is 5.32 Å². The molecule has 88 valence electrons. The Bertz CT molecular complexity index is 542. The minimum absolute atomic E-state index is 0.472. The van der Waals surface area contributed by atoms with Gasteiger partial charge >= 0.3 is 0 Å². The van der Waals surface area contributed by atoms with Gasteiger partial charge in [0.05, 0.1) is 0 Å². The lowest BCUT2D eigenvalue weighted by Crippen LogP contribution is -2.15. The van der Waals surface area contributed by atoms with E-state index in [4.69, 9.17) is 0 Å². The average Bonchev–Trinajstić information content (AvgIpc) is 2.79. The molecule has 0 amide bonds. The monoisotopic (exact) mass is 225 g/mol. The Balaban J connectivity index is 2.28. The summed E-state index contributed by atoms with van der Waals surface area (Å²) in [4.78, 5) is 0. The molecule has 1 nitrogen and oxygen atoms in total. The Morgan fingerprint density at radius 1 is 1.12 bits per heavy atom. The average molecular weight is 225 g/mol. The highest BCUT2D eigenvalue weighted by Gasteiger charge is 2.18. The highest BCUT2D eigenvalue weighted by Crippen LogP contribution is 2.35. The highest BCUT2D eigenvalue weighted by atomic mass is 14.9. The second kappa shape index (κ2) is 4.15. The SMILES string of the molecule is CCC(NC)c1ccc2c3c(cccc13)CC2. The summed E-state index contributed by atoms with van der Waals surface area (Å²) in [7, 11) is 2.05. The molecule has 1 N–H and O–H groups in total. The van der Waals surface area contributed by atoms with Gasteiger partial charge in [0, 0.05) is 6.04 Å². The van der Waals surface area contributed by atoms with Crippen LogP contribution in [0, 0.1) is 0 Å². The van der Waals surface area contributed by atoms with Crippen LogP contribution in [-0.4, -0.2) is 7.05 Å². The smallest absolute Gasteiger partial charge is 0.0321 e. The summed E-state index contributed by atoms with van der Waals surface area (Å²) in [5, 5.41) is 6.40. The third-order valence-electron chi connectivity index (χ3n) is 4.04. The minimum Gasteiger partial charge on any atom is -0.313 e. The van der Waals surface area contributed by atoms with Crippen LogP contribution in [0.1, 0.15) is 36.1 Å². The third kappa shape index (κ3) is 1.57. The molecule has 0 heterocycles. The molecular formula is C16H19N. The number of hydrogen-bond acceptors (Lipinski definition) is 1. The van der Waals surface area contributed by atoms with Gasteiger partial charge in [-0.2, -0.15) is 0 Å². The van der Waals surface area contributed by atoms with Gasteiger partial charge in [-0.1, -0.05) is 37.3 Å². The molecule has 0 aromatic heterocycles. The second-order valence-electron chi connectivity index (χ2n) is 4.90. The van der Waals surface area contributed by atoms with Crippen molar-refractivity contribution in [3.05, 3.63) is 47.0 Å². The van der Waals surface area contributed by atoms with Crippen molar-refractivity contribution < 1.29 is 0 Å². The van der Waals surface area contributed by atoms with Crippen molar-refractivity contribution in [2.75, 3.05) is 7.05 Å². The summed E-state index contributed by atoms with van der Waals surface area (Å²) in [6.45, 7) is 2.24. The first-order valence-corrected chi connectivity index (χ1v) is 6.55. The van der Waals surface area contributed by atoms with Gasteiger partial charge in [-0.3, -0.25) is 0 Å². The molecule has 17 heavy (non-hydrogen) atoms. The van der Waals surface area contributed by atoms with E-state index in [0.717, 1.165) is 6.42 Å². The molecule has 0 saturated heterocycles. The number of benzene rings is 2. The predicted octanol–water partition coefficient (Wildman–Crippen LogP) is 3.61.